The first kappa shape index (κ1) is 16.8. The van der Waals surface area contributed by atoms with Crippen molar-refractivity contribution in [3.63, 3.8) is 0 Å². The lowest BCUT2D eigenvalue weighted by atomic mass is 10.2. The Morgan fingerprint density at radius 3 is 2.86 bits per heavy atom. The SMILES string of the molecule is CCOC(=O)C(NNc1ccc(Br)cc1)=[NH+]C[C@H]1CCCO1. The molecule has 0 spiro atoms. The van der Waals surface area contributed by atoms with Gasteiger partial charge in [0.25, 0.3) is 0 Å². The minimum atomic E-state index is -0.426. The average Bonchev–Trinajstić information content (AvgIpc) is 3.02. The summed E-state index contributed by atoms with van der Waals surface area (Å²) >= 11 is 3.38. The van der Waals surface area contributed by atoms with Crippen LogP contribution in [0.5, 0.6) is 0 Å². The number of carbonyl (C=O) groups is 1. The van der Waals surface area contributed by atoms with Crippen LogP contribution in [0.25, 0.3) is 0 Å². The number of halogens is 1. The van der Waals surface area contributed by atoms with Gasteiger partial charge in [-0.15, -0.1) is 0 Å². The minimum Gasteiger partial charge on any atom is -0.457 e. The maximum absolute atomic E-state index is 12.0. The van der Waals surface area contributed by atoms with Gasteiger partial charge in [-0.05, 0) is 44.0 Å². The van der Waals surface area contributed by atoms with Crippen LogP contribution < -0.4 is 15.8 Å². The predicted molar refractivity (Wildman–Crippen MR) is 87.3 cm³/mol. The summed E-state index contributed by atoms with van der Waals surface area (Å²) in [6, 6.07) is 7.60. The monoisotopic (exact) mass is 370 g/mol. The molecule has 3 N–H and O–H groups in total. The number of nitrogens with one attached hydrogen (secondary N) is 3. The number of esters is 1. The van der Waals surface area contributed by atoms with Crippen LogP contribution in [0.15, 0.2) is 28.7 Å². The summed E-state index contributed by atoms with van der Waals surface area (Å²) in [7, 11) is 0. The number of ether oxygens (including phenoxy) is 2. The van der Waals surface area contributed by atoms with E-state index in [0.717, 1.165) is 29.6 Å². The van der Waals surface area contributed by atoms with Gasteiger partial charge in [0.05, 0.1) is 18.4 Å². The Bertz CT molecular complexity index is 513. The Labute approximate surface area is 138 Å². The second-order valence-electron chi connectivity index (χ2n) is 4.87. The van der Waals surface area contributed by atoms with Crippen LogP contribution in [0.4, 0.5) is 5.69 Å². The van der Waals surface area contributed by atoms with Gasteiger partial charge in [0.1, 0.15) is 6.54 Å². The number of carbonyl (C=O) groups excluding carboxylic acids is 1. The fourth-order valence-corrected chi connectivity index (χ4v) is 2.32. The Morgan fingerprint density at radius 2 is 2.23 bits per heavy atom. The number of hydrazine groups is 1. The maximum Gasteiger partial charge on any atom is 0.423 e. The Hall–Kier alpha value is -1.60. The number of hydrogen-bond donors (Lipinski definition) is 3. The van der Waals surface area contributed by atoms with Crippen molar-refractivity contribution in [2.45, 2.75) is 25.9 Å². The third-order valence-electron chi connectivity index (χ3n) is 3.19. The van der Waals surface area contributed by atoms with Crippen LogP contribution in [0, 0.1) is 0 Å². The van der Waals surface area contributed by atoms with Crippen molar-refractivity contribution in [1.82, 2.24) is 5.43 Å². The maximum atomic E-state index is 12.0. The minimum absolute atomic E-state index is 0.138. The molecule has 1 saturated heterocycles. The lowest BCUT2D eigenvalue weighted by Crippen LogP contribution is -2.80. The number of rotatable bonds is 5. The number of hydrogen-bond acceptors (Lipinski definition) is 4. The van der Waals surface area contributed by atoms with Crippen molar-refractivity contribution in [2.24, 2.45) is 0 Å². The molecular formula is C15H21BrN3O3+. The van der Waals surface area contributed by atoms with Crippen molar-refractivity contribution < 1.29 is 19.3 Å². The summed E-state index contributed by atoms with van der Waals surface area (Å²) in [4.78, 5) is 15.0. The second-order valence-corrected chi connectivity index (χ2v) is 5.78. The van der Waals surface area contributed by atoms with E-state index in [-0.39, 0.29) is 11.9 Å². The van der Waals surface area contributed by atoms with Crippen molar-refractivity contribution in [2.75, 3.05) is 25.2 Å². The first-order chi connectivity index (χ1) is 10.7. The quantitative estimate of drug-likeness (QED) is 0.306. The largest absolute Gasteiger partial charge is 0.457 e. The molecule has 0 amide bonds. The van der Waals surface area contributed by atoms with Crippen LogP contribution in [-0.2, 0) is 14.3 Å². The van der Waals surface area contributed by atoms with Crippen LogP contribution in [0.3, 0.4) is 0 Å². The van der Waals surface area contributed by atoms with Crippen LogP contribution in [0.2, 0.25) is 0 Å². The number of anilines is 1. The molecule has 0 saturated carbocycles. The zero-order chi connectivity index (χ0) is 15.8. The highest BCUT2D eigenvalue weighted by atomic mass is 79.9. The van der Waals surface area contributed by atoms with Crippen molar-refractivity contribution in [3.05, 3.63) is 28.7 Å². The first-order valence-electron chi connectivity index (χ1n) is 7.36. The number of amidine groups is 1. The van der Waals surface area contributed by atoms with E-state index in [1.807, 2.05) is 24.3 Å². The molecule has 6 nitrogen and oxygen atoms in total. The van der Waals surface area contributed by atoms with Gasteiger partial charge in [-0.2, -0.15) is 5.43 Å². The third kappa shape index (κ3) is 5.31. The highest BCUT2D eigenvalue weighted by molar-refractivity contribution is 9.10. The normalized spacial score (nSPS) is 18.1. The zero-order valence-corrected chi connectivity index (χ0v) is 14.1. The Morgan fingerprint density at radius 1 is 1.45 bits per heavy atom. The number of benzene rings is 1. The molecule has 1 heterocycles. The third-order valence-corrected chi connectivity index (χ3v) is 3.71. The van der Waals surface area contributed by atoms with E-state index in [1.54, 1.807) is 6.92 Å². The summed E-state index contributed by atoms with van der Waals surface area (Å²) in [5.74, 6) is -0.148. The summed E-state index contributed by atoms with van der Waals surface area (Å²) in [5.41, 5.74) is 6.69. The summed E-state index contributed by atoms with van der Waals surface area (Å²) in [6.07, 6.45) is 2.20. The van der Waals surface area contributed by atoms with Crippen LogP contribution in [0.1, 0.15) is 19.8 Å². The van der Waals surface area contributed by atoms with E-state index >= 15 is 0 Å². The lowest BCUT2D eigenvalue weighted by molar-refractivity contribution is -0.470. The second kappa shape index (κ2) is 8.75. The van der Waals surface area contributed by atoms with Gasteiger partial charge in [-0.25, -0.2) is 10.2 Å². The van der Waals surface area contributed by atoms with Gasteiger partial charge in [0.15, 0.2) is 0 Å². The van der Waals surface area contributed by atoms with Crippen LogP contribution >= 0.6 is 15.9 Å². The topological polar surface area (TPSA) is 73.6 Å². The standard InChI is InChI=1S/C15H20BrN3O3/c1-2-21-15(20)14(17-10-13-4-3-9-22-13)19-18-12-7-5-11(16)6-8-12/h5-8,13,18H,2-4,9-10H2,1H3,(H,17,19)/p+1/t13-/m1/s1. The molecule has 1 aromatic rings. The fourth-order valence-electron chi connectivity index (χ4n) is 2.06. The van der Waals surface area contributed by atoms with E-state index in [4.69, 9.17) is 9.47 Å². The molecule has 0 aliphatic carbocycles. The van der Waals surface area contributed by atoms with Crippen molar-refractivity contribution in [1.29, 1.82) is 0 Å². The van der Waals surface area contributed by atoms with Gasteiger partial charge in [-0.3, -0.25) is 4.99 Å². The summed E-state index contributed by atoms with van der Waals surface area (Å²) < 4.78 is 11.6. The highest BCUT2D eigenvalue weighted by Gasteiger charge is 2.22. The molecule has 0 unspecified atom stereocenters. The van der Waals surface area contributed by atoms with Crippen molar-refractivity contribution in [3.8, 4) is 0 Å². The molecule has 0 radical (unpaired) electrons. The van der Waals surface area contributed by atoms with Crippen molar-refractivity contribution >= 4 is 33.4 Å². The van der Waals surface area contributed by atoms with E-state index < -0.39 is 5.97 Å². The summed E-state index contributed by atoms with van der Waals surface area (Å²) in [6.45, 7) is 3.45. The molecule has 1 fully saturated rings. The first-order valence-corrected chi connectivity index (χ1v) is 8.15. The van der Waals surface area contributed by atoms with E-state index in [0.29, 0.717) is 13.2 Å². The smallest absolute Gasteiger partial charge is 0.423 e. The van der Waals surface area contributed by atoms with E-state index in [2.05, 4.69) is 31.8 Å². The molecule has 1 aliphatic heterocycles. The van der Waals surface area contributed by atoms with E-state index in [9.17, 15) is 4.79 Å². The molecule has 1 atom stereocenters. The average molecular weight is 371 g/mol. The highest BCUT2D eigenvalue weighted by Crippen LogP contribution is 2.13. The molecule has 0 aromatic heterocycles. The van der Waals surface area contributed by atoms with Gasteiger partial charge in [0.2, 0.25) is 0 Å². The zero-order valence-electron chi connectivity index (χ0n) is 12.5. The molecule has 1 aromatic carbocycles. The van der Waals surface area contributed by atoms with E-state index in [1.165, 1.54) is 0 Å². The predicted octanol–water partition coefficient (Wildman–Crippen LogP) is 0.587. The van der Waals surface area contributed by atoms with Gasteiger partial charge in [-0.1, -0.05) is 15.9 Å². The molecule has 22 heavy (non-hydrogen) atoms. The summed E-state index contributed by atoms with van der Waals surface area (Å²) in [5, 5.41) is 0. The fraction of sp³-hybridized carbons (Fsp3) is 0.467. The lowest BCUT2D eigenvalue weighted by Gasteiger charge is -2.07. The molecule has 120 valence electrons. The molecular weight excluding hydrogens is 350 g/mol. The Balaban J connectivity index is 1.95. The Kier molecular flexibility index (Phi) is 6.67. The molecule has 0 bridgehead atoms. The van der Waals surface area contributed by atoms with Gasteiger partial charge < -0.3 is 9.47 Å². The van der Waals surface area contributed by atoms with Crippen LogP contribution in [-0.4, -0.2) is 37.7 Å². The van der Waals surface area contributed by atoms with Gasteiger partial charge in [0, 0.05) is 11.1 Å². The molecule has 2 rings (SSSR count). The van der Waals surface area contributed by atoms with Gasteiger partial charge >= 0.3 is 11.8 Å². The molecule has 7 heteroatoms. The molecule has 1 aliphatic rings.